The van der Waals surface area contributed by atoms with Gasteiger partial charge in [-0.2, -0.15) is 0 Å². The molecule has 0 unspecified atom stereocenters. The highest BCUT2D eigenvalue weighted by Crippen LogP contribution is 2.28. The van der Waals surface area contributed by atoms with Gasteiger partial charge in [-0.1, -0.05) is 37.5 Å². The molecule has 1 aromatic rings. The number of anilines is 1. The van der Waals surface area contributed by atoms with Crippen LogP contribution in [0.25, 0.3) is 0 Å². The van der Waals surface area contributed by atoms with Gasteiger partial charge in [-0.15, -0.1) is 0 Å². The van der Waals surface area contributed by atoms with E-state index in [1.54, 1.807) is 0 Å². The summed E-state index contributed by atoms with van der Waals surface area (Å²) in [7, 11) is 0. The fourth-order valence-electron chi connectivity index (χ4n) is 2.89. The highest BCUT2D eigenvalue weighted by molar-refractivity contribution is 5.48. The van der Waals surface area contributed by atoms with E-state index in [4.69, 9.17) is 0 Å². The first kappa shape index (κ1) is 11.5. The lowest BCUT2D eigenvalue weighted by Crippen LogP contribution is -2.41. The molecule has 0 radical (unpaired) electrons. The first-order chi connectivity index (χ1) is 7.79. The topological polar surface area (TPSA) is 3.24 Å². The molecule has 1 aliphatic rings. The molecule has 0 atom stereocenters. The summed E-state index contributed by atoms with van der Waals surface area (Å²) in [6, 6.07) is 12.2. The number of para-hydroxylation sites is 1. The minimum absolute atomic E-state index is 0.602. The van der Waals surface area contributed by atoms with E-state index in [1.165, 1.54) is 37.8 Å². The van der Waals surface area contributed by atoms with Gasteiger partial charge in [-0.25, -0.2) is 0 Å². The molecular formula is C15H23N. The van der Waals surface area contributed by atoms with Crippen LogP contribution in [0.2, 0.25) is 0 Å². The lowest BCUT2D eigenvalue weighted by atomic mass is 9.93. The largest absolute Gasteiger partial charge is 0.366 e. The molecule has 88 valence electrons. The Labute approximate surface area is 99.5 Å². The Morgan fingerprint density at radius 2 is 1.62 bits per heavy atom. The molecule has 1 nitrogen and oxygen atoms in total. The number of hydrogen-bond acceptors (Lipinski definition) is 1. The van der Waals surface area contributed by atoms with E-state index in [9.17, 15) is 0 Å². The van der Waals surface area contributed by atoms with Gasteiger partial charge in [0.25, 0.3) is 0 Å². The van der Waals surface area contributed by atoms with Gasteiger partial charge >= 0.3 is 0 Å². The van der Waals surface area contributed by atoms with Crippen LogP contribution >= 0.6 is 0 Å². The van der Waals surface area contributed by atoms with E-state index in [0.717, 1.165) is 6.04 Å². The highest BCUT2D eigenvalue weighted by Gasteiger charge is 2.23. The normalized spacial score (nSPS) is 17.7. The van der Waals surface area contributed by atoms with Crippen molar-refractivity contribution in [1.29, 1.82) is 0 Å². The molecule has 0 N–H and O–H groups in total. The van der Waals surface area contributed by atoms with Crippen molar-refractivity contribution >= 4 is 5.69 Å². The van der Waals surface area contributed by atoms with Gasteiger partial charge in [-0.05, 0) is 38.8 Å². The van der Waals surface area contributed by atoms with Crippen LogP contribution in [0.4, 0.5) is 5.69 Å². The van der Waals surface area contributed by atoms with Gasteiger partial charge in [-0.3, -0.25) is 0 Å². The molecule has 0 spiro atoms. The van der Waals surface area contributed by atoms with Gasteiger partial charge in [0.2, 0.25) is 0 Å². The third-order valence-corrected chi connectivity index (χ3v) is 3.58. The van der Waals surface area contributed by atoms with Crippen molar-refractivity contribution in [1.82, 2.24) is 0 Å². The van der Waals surface area contributed by atoms with Gasteiger partial charge in [0.05, 0.1) is 0 Å². The van der Waals surface area contributed by atoms with Crippen LogP contribution in [0, 0.1) is 0 Å². The molecule has 16 heavy (non-hydrogen) atoms. The molecule has 1 aromatic carbocycles. The second kappa shape index (κ2) is 5.38. The van der Waals surface area contributed by atoms with Gasteiger partial charge in [0.1, 0.15) is 0 Å². The minimum atomic E-state index is 0.602. The Hall–Kier alpha value is -0.980. The average molecular weight is 217 g/mol. The van der Waals surface area contributed by atoms with Crippen molar-refractivity contribution < 1.29 is 0 Å². The molecule has 0 heterocycles. The van der Waals surface area contributed by atoms with E-state index < -0.39 is 0 Å². The molecular weight excluding hydrogens is 194 g/mol. The summed E-state index contributed by atoms with van der Waals surface area (Å²) in [5.41, 5.74) is 1.39. The zero-order chi connectivity index (χ0) is 11.4. The first-order valence-electron chi connectivity index (χ1n) is 6.62. The molecule has 0 bridgehead atoms. The van der Waals surface area contributed by atoms with E-state index in [2.05, 4.69) is 49.1 Å². The Bertz CT molecular complexity index is 298. The van der Waals surface area contributed by atoms with E-state index in [-0.39, 0.29) is 0 Å². The molecule has 0 amide bonds. The van der Waals surface area contributed by atoms with Gasteiger partial charge in [0, 0.05) is 17.8 Å². The van der Waals surface area contributed by atoms with Crippen LogP contribution in [0.5, 0.6) is 0 Å². The summed E-state index contributed by atoms with van der Waals surface area (Å²) in [4.78, 5) is 2.61. The summed E-state index contributed by atoms with van der Waals surface area (Å²) in [6.45, 7) is 4.61. The first-order valence-corrected chi connectivity index (χ1v) is 6.62. The Morgan fingerprint density at radius 1 is 1.00 bits per heavy atom. The monoisotopic (exact) mass is 217 g/mol. The summed E-state index contributed by atoms with van der Waals surface area (Å²) >= 11 is 0. The Kier molecular flexibility index (Phi) is 3.87. The third kappa shape index (κ3) is 2.58. The number of rotatable bonds is 3. The quantitative estimate of drug-likeness (QED) is 0.732. The predicted molar refractivity (Wildman–Crippen MR) is 70.9 cm³/mol. The lowest BCUT2D eigenvalue weighted by Gasteiger charge is -2.39. The van der Waals surface area contributed by atoms with Crippen LogP contribution in [-0.4, -0.2) is 12.1 Å². The van der Waals surface area contributed by atoms with Crippen molar-refractivity contribution in [2.75, 3.05) is 4.90 Å². The summed E-state index contributed by atoms with van der Waals surface area (Å²) in [5, 5.41) is 0. The van der Waals surface area contributed by atoms with Crippen molar-refractivity contribution in [3.05, 3.63) is 30.3 Å². The maximum Gasteiger partial charge on any atom is 0.0371 e. The zero-order valence-electron chi connectivity index (χ0n) is 10.5. The van der Waals surface area contributed by atoms with Crippen molar-refractivity contribution in [3.8, 4) is 0 Å². The van der Waals surface area contributed by atoms with Crippen LogP contribution in [0.1, 0.15) is 46.0 Å². The standard InChI is InChI=1S/C15H23N/c1-13(2)16(14-9-5-3-6-10-14)15-11-7-4-8-12-15/h3,5-6,9-10,13,15H,4,7-8,11-12H2,1-2H3. The van der Waals surface area contributed by atoms with Gasteiger partial charge in [0.15, 0.2) is 0 Å². The molecule has 1 fully saturated rings. The Morgan fingerprint density at radius 3 is 2.19 bits per heavy atom. The second-order valence-electron chi connectivity index (χ2n) is 5.13. The van der Waals surface area contributed by atoms with Crippen molar-refractivity contribution in [2.45, 2.75) is 58.0 Å². The van der Waals surface area contributed by atoms with Crippen LogP contribution in [0.15, 0.2) is 30.3 Å². The zero-order valence-corrected chi connectivity index (χ0v) is 10.5. The predicted octanol–water partition coefficient (Wildman–Crippen LogP) is 4.23. The lowest BCUT2D eigenvalue weighted by molar-refractivity contribution is 0.398. The average Bonchev–Trinajstić information content (AvgIpc) is 2.31. The maximum atomic E-state index is 2.61. The SMILES string of the molecule is CC(C)N(c1ccccc1)C1CCCCC1. The van der Waals surface area contributed by atoms with E-state index in [1.807, 2.05) is 0 Å². The molecule has 1 aliphatic carbocycles. The van der Waals surface area contributed by atoms with E-state index >= 15 is 0 Å². The van der Waals surface area contributed by atoms with Crippen molar-refractivity contribution in [3.63, 3.8) is 0 Å². The summed E-state index contributed by atoms with van der Waals surface area (Å²) in [6.07, 6.45) is 6.97. The summed E-state index contributed by atoms with van der Waals surface area (Å²) < 4.78 is 0. The molecule has 0 saturated heterocycles. The summed E-state index contributed by atoms with van der Waals surface area (Å²) in [5.74, 6) is 0. The molecule has 0 aliphatic heterocycles. The second-order valence-corrected chi connectivity index (χ2v) is 5.13. The smallest absolute Gasteiger partial charge is 0.0371 e. The molecule has 1 saturated carbocycles. The number of nitrogens with zero attached hydrogens (tertiary/aromatic N) is 1. The maximum absolute atomic E-state index is 2.61. The fourth-order valence-corrected chi connectivity index (χ4v) is 2.89. The molecule has 2 rings (SSSR count). The van der Waals surface area contributed by atoms with E-state index in [0.29, 0.717) is 6.04 Å². The van der Waals surface area contributed by atoms with Crippen molar-refractivity contribution in [2.24, 2.45) is 0 Å². The number of hydrogen-bond donors (Lipinski definition) is 0. The van der Waals surface area contributed by atoms with Gasteiger partial charge < -0.3 is 4.90 Å². The molecule has 0 aromatic heterocycles. The van der Waals surface area contributed by atoms with Crippen LogP contribution < -0.4 is 4.90 Å². The Balaban J connectivity index is 2.16. The minimum Gasteiger partial charge on any atom is -0.366 e. The highest BCUT2D eigenvalue weighted by atomic mass is 15.2. The fraction of sp³-hybridized carbons (Fsp3) is 0.600. The third-order valence-electron chi connectivity index (χ3n) is 3.58. The van der Waals surface area contributed by atoms with Crippen LogP contribution in [-0.2, 0) is 0 Å². The number of benzene rings is 1. The molecule has 1 heteroatoms. The van der Waals surface area contributed by atoms with Crippen LogP contribution in [0.3, 0.4) is 0 Å².